The molecule has 0 saturated heterocycles. The highest BCUT2D eigenvalue weighted by atomic mass is 19.1. The molecule has 1 saturated carbocycles. The zero-order valence-corrected chi connectivity index (χ0v) is 7.36. The number of halogens is 3. The summed E-state index contributed by atoms with van der Waals surface area (Å²) >= 11 is 0. The summed E-state index contributed by atoms with van der Waals surface area (Å²) in [5.74, 6) is -2.99. The van der Waals surface area contributed by atoms with Gasteiger partial charge in [0.15, 0.2) is 0 Å². The maximum absolute atomic E-state index is 13.2. The van der Waals surface area contributed by atoms with Gasteiger partial charge in [-0.1, -0.05) is 0 Å². The van der Waals surface area contributed by atoms with Crippen LogP contribution in [0.25, 0.3) is 0 Å². The quantitative estimate of drug-likeness (QED) is 0.741. The fraction of sp³-hybridized carbons (Fsp3) is 0.400. The molecule has 0 atom stereocenters. The molecule has 0 unspecified atom stereocenters. The molecule has 0 aliphatic heterocycles. The van der Waals surface area contributed by atoms with Crippen LogP contribution in [-0.2, 0) is 5.60 Å². The highest BCUT2D eigenvalue weighted by Crippen LogP contribution is 2.43. The van der Waals surface area contributed by atoms with Crippen molar-refractivity contribution in [2.75, 3.05) is 0 Å². The third-order valence-electron chi connectivity index (χ3n) is 2.65. The zero-order valence-electron chi connectivity index (χ0n) is 7.36. The average molecular weight is 202 g/mol. The molecule has 0 bridgehead atoms. The molecular formula is C10H9F3O. The van der Waals surface area contributed by atoms with Crippen molar-refractivity contribution in [2.45, 2.75) is 24.9 Å². The Bertz CT molecular complexity index is 349. The van der Waals surface area contributed by atoms with Crippen molar-refractivity contribution >= 4 is 0 Å². The van der Waals surface area contributed by atoms with Gasteiger partial charge in [0.1, 0.15) is 17.5 Å². The fourth-order valence-corrected chi connectivity index (χ4v) is 1.75. The number of rotatable bonds is 1. The van der Waals surface area contributed by atoms with Crippen molar-refractivity contribution in [3.63, 3.8) is 0 Å². The predicted molar refractivity (Wildman–Crippen MR) is 44.1 cm³/mol. The molecule has 14 heavy (non-hydrogen) atoms. The van der Waals surface area contributed by atoms with E-state index in [1.807, 2.05) is 0 Å². The first-order chi connectivity index (χ1) is 6.53. The molecule has 1 aromatic carbocycles. The first kappa shape index (κ1) is 9.52. The van der Waals surface area contributed by atoms with E-state index < -0.39 is 28.6 Å². The van der Waals surface area contributed by atoms with Crippen LogP contribution in [0.2, 0.25) is 0 Å². The summed E-state index contributed by atoms with van der Waals surface area (Å²) in [5, 5.41) is 9.73. The smallest absolute Gasteiger partial charge is 0.135 e. The summed E-state index contributed by atoms with van der Waals surface area (Å²) < 4.78 is 38.9. The van der Waals surface area contributed by atoms with E-state index >= 15 is 0 Å². The van der Waals surface area contributed by atoms with Gasteiger partial charge >= 0.3 is 0 Å². The molecule has 1 N–H and O–H groups in total. The Morgan fingerprint density at radius 2 is 1.57 bits per heavy atom. The van der Waals surface area contributed by atoms with E-state index in [2.05, 4.69) is 0 Å². The first-order valence-electron chi connectivity index (χ1n) is 4.40. The van der Waals surface area contributed by atoms with E-state index in [4.69, 9.17) is 0 Å². The minimum absolute atomic E-state index is 0.326. The van der Waals surface area contributed by atoms with Gasteiger partial charge < -0.3 is 5.11 Å². The average Bonchev–Trinajstić information content (AvgIpc) is 1.99. The summed E-state index contributed by atoms with van der Waals surface area (Å²) in [6.07, 6.45) is 1.38. The maximum Gasteiger partial charge on any atom is 0.135 e. The fourth-order valence-electron chi connectivity index (χ4n) is 1.75. The SMILES string of the molecule is OC1(c2c(F)cc(F)cc2F)CCC1. The summed E-state index contributed by atoms with van der Waals surface area (Å²) in [7, 11) is 0. The largest absolute Gasteiger partial charge is 0.385 e. The van der Waals surface area contributed by atoms with Crippen LogP contribution < -0.4 is 0 Å². The molecule has 0 spiro atoms. The van der Waals surface area contributed by atoms with Gasteiger partial charge in [-0.15, -0.1) is 0 Å². The topological polar surface area (TPSA) is 20.2 Å². The van der Waals surface area contributed by atoms with Crippen molar-refractivity contribution in [1.29, 1.82) is 0 Å². The Labute approximate surface area is 79.2 Å². The third-order valence-corrected chi connectivity index (χ3v) is 2.65. The Morgan fingerprint density at radius 3 is 1.93 bits per heavy atom. The molecule has 0 aromatic heterocycles. The number of benzene rings is 1. The first-order valence-corrected chi connectivity index (χ1v) is 4.40. The van der Waals surface area contributed by atoms with Crippen LogP contribution in [0.1, 0.15) is 24.8 Å². The van der Waals surface area contributed by atoms with E-state index in [9.17, 15) is 18.3 Å². The van der Waals surface area contributed by atoms with Gasteiger partial charge in [0.05, 0.1) is 11.2 Å². The van der Waals surface area contributed by atoms with Gasteiger partial charge in [0.25, 0.3) is 0 Å². The molecule has 4 heteroatoms. The second-order valence-electron chi connectivity index (χ2n) is 3.63. The molecule has 1 aliphatic rings. The second kappa shape index (κ2) is 2.98. The summed E-state index contributed by atoms with van der Waals surface area (Å²) in [6.45, 7) is 0. The van der Waals surface area contributed by atoms with E-state index in [0.717, 1.165) is 6.42 Å². The second-order valence-corrected chi connectivity index (χ2v) is 3.63. The Balaban J connectivity index is 2.52. The van der Waals surface area contributed by atoms with Gasteiger partial charge in [-0.3, -0.25) is 0 Å². The Kier molecular flexibility index (Phi) is 2.03. The van der Waals surface area contributed by atoms with E-state index in [0.29, 0.717) is 25.0 Å². The minimum atomic E-state index is -1.43. The summed E-state index contributed by atoms with van der Waals surface area (Å²) in [4.78, 5) is 0. The molecule has 0 radical (unpaired) electrons. The van der Waals surface area contributed by atoms with Crippen molar-refractivity contribution in [2.24, 2.45) is 0 Å². The molecule has 1 fully saturated rings. The molecule has 76 valence electrons. The van der Waals surface area contributed by atoms with E-state index in [1.54, 1.807) is 0 Å². The van der Waals surface area contributed by atoms with Gasteiger partial charge in [-0.05, 0) is 19.3 Å². The molecule has 0 heterocycles. The molecule has 0 amide bonds. The molecule has 1 aromatic rings. The lowest BCUT2D eigenvalue weighted by Crippen LogP contribution is -2.35. The number of hydrogen-bond donors (Lipinski definition) is 1. The van der Waals surface area contributed by atoms with Crippen molar-refractivity contribution in [3.8, 4) is 0 Å². The van der Waals surface area contributed by atoms with E-state index in [1.165, 1.54) is 0 Å². The van der Waals surface area contributed by atoms with Gasteiger partial charge in [-0.25, -0.2) is 13.2 Å². The number of aliphatic hydroxyl groups is 1. The predicted octanol–water partition coefficient (Wildman–Crippen LogP) is 2.48. The highest BCUT2D eigenvalue weighted by molar-refractivity contribution is 5.28. The third kappa shape index (κ3) is 1.30. The van der Waals surface area contributed by atoms with Crippen LogP contribution >= 0.6 is 0 Å². The molecule has 1 nitrogen and oxygen atoms in total. The van der Waals surface area contributed by atoms with Crippen molar-refractivity contribution < 1.29 is 18.3 Å². The molecule has 1 aliphatic carbocycles. The summed E-state index contributed by atoms with van der Waals surface area (Å²) in [5.41, 5.74) is -1.83. The van der Waals surface area contributed by atoms with Crippen LogP contribution in [0.15, 0.2) is 12.1 Å². The summed E-state index contributed by atoms with van der Waals surface area (Å²) in [6, 6.07) is 1.18. The molecule has 2 rings (SSSR count). The zero-order chi connectivity index (χ0) is 10.3. The number of hydrogen-bond acceptors (Lipinski definition) is 1. The van der Waals surface area contributed by atoms with Gasteiger partial charge in [0, 0.05) is 12.1 Å². The normalized spacial score (nSPS) is 19.1. The Hall–Kier alpha value is -1.03. The van der Waals surface area contributed by atoms with Crippen molar-refractivity contribution in [3.05, 3.63) is 35.1 Å². The highest BCUT2D eigenvalue weighted by Gasteiger charge is 2.40. The maximum atomic E-state index is 13.2. The Morgan fingerprint density at radius 1 is 1.07 bits per heavy atom. The van der Waals surface area contributed by atoms with Gasteiger partial charge in [0.2, 0.25) is 0 Å². The minimum Gasteiger partial charge on any atom is -0.385 e. The lowest BCUT2D eigenvalue weighted by atomic mass is 9.75. The van der Waals surface area contributed by atoms with Crippen LogP contribution in [-0.4, -0.2) is 5.11 Å². The van der Waals surface area contributed by atoms with Gasteiger partial charge in [-0.2, -0.15) is 0 Å². The van der Waals surface area contributed by atoms with Crippen molar-refractivity contribution in [1.82, 2.24) is 0 Å². The standard InChI is InChI=1S/C10H9F3O/c11-6-4-7(12)9(8(13)5-6)10(14)2-1-3-10/h4-5,14H,1-3H2. The lowest BCUT2D eigenvalue weighted by Gasteiger charge is -2.37. The van der Waals surface area contributed by atoms with Crippen LogP contribution in [0.3, 0.4) is 0 Å². The van der Waals surface area contributed by atoms with Crippen LogP contribution in [0, 0.1) is 17.5 Å². The van der Waals surface area contributed by atoms with Crippen LogP contribution in [0.4, 0.5) is 13.2 Å². The monoisotopic (exact) mass is 202 g/mol. The van der Waals surface area contributed by atoms with Crippen LogP contribution in [0.5, 0.6) is 0 Å². The lowest BCUT2D eigenvalue weighted by molar-refractivity contribution is -0.0447. The van der Waals surface area contributed by atoms with E-state index in [-0.39, 0.29) is 0 Å². The molecular weight excluding hydrogens is 193 g/mol.